The van der Waals surface area contributed by atoms with Gasteiger partial charge >= 0.3 is 6.18 Å². The lowest BCUT2D eigenvalue weighted by molar-refractivity contribution is -0.201. The van der Waals surface area contributed by atoms with Crippen LogP contribution in [0.4, 0.5) is 13.2 Å². The lowest BCUT2D eigenvalue weighted by Crippen LogP contribution is -2.52. The van der Waals surface area contributed by atoms with Crippen molar-refractivity contribution in [1.29, 1.82) is 0 Å². The summed E-state index contributed by atoms with van der Waals surface area (Å²) in [6, 6.07) is 8.49. The Morgan fingerprint density at radius 2 is 1.90 bits per heavy atom. The fourth-order valence-electron chi connectivity index (χ4n) is 6.14. The number of nitrogens with zero attached hydrogens (tertiary/aromatic N) is 3. The molecule has 1 aromatic heterocycles. The molecule has 208 valence electrons. The number of nitrogens with two attached hydrogens (primary N) is 1. The molecule has 0 radical (unpaired) electrons. The van der Waals surface area contributed by atoms with Crippen LogP contribution in [0.25, 0.3) is 0 Å². The minimum Gasteiger partial charge on any atom is -0.480 e. The molecule has 0 saturated heterocycles. The zero-order valence-electron chi connectivity index (χ0n) is 22.2. The molecule has 2 aromatic rings. The summed E-state index contributed by atoms with van der Waals surface area (Å²) in [6.07, 6.45) is -3.66. The van der Waals surface area contributed by atoms with E-state index in [2.05, 4.69) is 15.3 Å². The van der Waals surface area contributed by atoms with Gasteiger partial charge in [0.05, 0.1) is 24.0 Å². The highest BCUT2D eigenvalue weighted by molar-refractivity contribution is 5.99. The molecule has 39 heavy (non-hydrogen) atoms. The monoisotopic (exact) mass is 543 g/mol. The molecular formula is C28H32F3N5O3. The Hall–Kier alpha value is -3.63. The number of hydrogen-bond acceptors (Lipinski definition) is 6. The van der Waals surface area contributed by atoms with Gasteiger partial charge in [0, 0.05) is 36.2 Å². The van der Waals surface area contributed by atoms with Crippen molar-refractivity contribution in [1.82, 2.24) is 15.2 Å². The van der Waals surface area contributed by atoms with Crippen LogP contribution in [-0.4, -0.2) is 45.5 Å². The molecule has 11 heteroatoms. The standard InChI is InChI=1S/C28H32F3N5O3/c1-26(2)13-20(37)36(25(32)35-26)23(15-8-7-11-33-14-15)21-22(27(21,3)4)24(38)34-17-12-19(28(29,30)31)39-18-10-6-5-9-16(17)18/h5-11,14,17,19,21-23H,12-13H2,1-4H3,(H2,32,35)(H,34,38)/t17-,19-,21-,22-,23+/m0/s1. The van der Waals surface area contributed by atoms with E-state index in [0.717, 1.165) is 0 Å². The Bertz CT molecular complexity index is 1310. The first-order valence-corrected chi connectivity index (χ1v) is 12.9. The fraction of sp³-hybridized carbons (Fsp3) is 0.500. The number of pyridine rings is 1. The van der Waals surface area contributed by atoms with Gasteiger partial charge in [-0.1, -0.05) is 38.1 Å². The van der Waals surface area contributed by atoms with Crippen LogP contribution in [0, 0.1) is 17.3 Å². The molecule has 1 saturated carbocycles. The van der Waals surface area contributed by atoms with Gasteiger partial charge < -0.3 is 15.8 Å². The number of rotatable bonds is 5. The largest absolute Gasteiger partial charge is 0.480 e. The summed E-state index contributed by atoms with van der Waals surface area (Å²) in [5.41, 5.74) is 6.28. The highest BCUT2D eigenvalue weighted by Gasteiger charge is 2.67. The predicted octanol–water partition coefficient (Wildman–Crippen LogP) is 4.29. The molecule has 5 rings (SSSR count). The van der Waals surface area contributed by atoms with Gasteiger partial charge in [-0.15, -0.1) is 0 Å². The molecule has 5 atom stereocenters. The van der Waals surface area contributed by atoms with E-state index in [4.69, 9.17) is 10.5 Å². The molecule has 3 N–H and O–H groups in total. The van der Waals surface area contributed by atoms with E-state index in [1.54, 1.807) is 36.7 Å². The summed E-state index contributed by atoms with van der Waals surface area (Å²) in [4.78, 5) is 37.3. The number of guanidine groups is 1. The molecule has 0 unspecified atom stereocenters. The van der Waals surface area contributed by atoms with Crippen LogP contribution in [0.1, 0.15) is 63.7 Å². The number of amides is 2. The average molecular weight is 544 g/mol. The third-order valence-corrected chi connectivity index (χ3v) is 8.05. The van der Waals surface area contributed by atoms with Gasteiger partial charge in [0.15, 0.2) is 12.1 Å². The van der Waals surface area contributed by atoms with Crippen molar-refractivity contribution in [3.8, 4) is 5.75 Å². The van der Waals surface area contributed by atoms with Crippen LogP contribution >= 0.6 is 0 Å². The summed E-state index contributed by atoms with van der Waals surface area (Å²) in [5.74, 6) is -1.41. The van der Waals surface area contributed by atoms with Crippen LogP contribution in [0.3, 0.4) is 0 Å². The van der Waals surface area contributed by atoms with Crippen LogP contribution < -0.4 is 15.8 Å². The Kier molecular flexibility index (Phi) is 6.38. The number of halogens is 3. The third-order valence-electron chi connectivity index (χ3n) is 8.05. The summed E-state index contributed by atoms with van der Waals surface area (Å²) in [7, 11) is 0. The second-order valence-electron chi connectivity index (χ2n) is 11.8. The van der Waals surface area contributed by atoms with Crippen molar-refractivity contribution >= 4 is 17.8 Å². The normalized spacial score (nSPS) is 28.0. The Morgan fingerprint density at radius 3 is 2.54 bits per heavy atom. The predicted molar refractivity (Wildman–Crippen MR) is 137 cm³/mol. The first-order chi connectivity index (χ1) is 18.2. The number of aromatic nitrogens is 1. The summed E-state index contributed by atoms with van der Waals surface area (Å²) in [5, 5.41) is 2.87. The zero-order chi connectivity index (χ0) is 28.3. The molecule has 2 aliphatic heterocycles. The molecule has 3 aliphatic rings. The number of hydrogen-bond donors (Lipinski definition) is 2. The van der Waals surface area contributed by atoms with Crippen molar-refractivity contribution in [2.24, 2.45) is 28.0 Å². The maximum atomic E-state index is 13.7. The lowest BCUT2D eigenvalue weighted by atomic mass is 9.93. The number of carbonyl (C=O) groups is 2. The Labute approximate surface area is 224 Å². The van der Waals surface area contributed by atoms with Gasteiger partial charge in [-0.25, -0.2) is 4.99 Å². The quantitative estimate of drug-likeness (QED) is 0.585. The molecule has 2 amide bonds. The van der Waals surface area contributed by atoms with Crippen LogP contribution in [0.5, 0.6) is 5.75 Å². The maximum Gasteiger partial charge on any atom is 0.425 e. The number of para-hydroxylation sites is 1. The number of ether oxygens (including phenoxy) is 1. The highest BCUT2D eigenvalue weighted by Crippen LogP contribution is 2.65. The number of benzene rings is 1. The summed E-state index contributed by atoms with van der Waals surface area (Å²) < 4.78 is 46.1. The van der Waals surface area contributed by atoms with E-state index in [1.807, 2.05) is 33.8 Å². The first-order valence-electron chi connectivity index (χ1n) is 12.9. The molecule has 1 aliphatic carbocycles. The van der Waals surface area contributed by atoms with E-state index in [9.17, 15) is 22.8 Å². The van der Waals surface area contributed by atoms with Crippen molar-refractivity contribution in [2.45, 2.75) is 70.4 Å². The molecule has 1 fully saturated rings. The molecule has 8 nitrogen and oxygen atoms in total. The molecule has 3 heterocycles. The van der Waals surface area contributed by atoms with E-state index in [1.165, 1.54) is 11.0 Å². The van der Waals surface area contributed by atoms with Crippen molar-refractivity contribution in [3.63, 3.8) is 0 Å². The van der Waals surface area contributed by atoms with Crippen molar-refractivity contribution in [2.75, 3.05) is 0 Å². The number of aliphatic imine (C=N–C) groups is 1. The van der Waals surface area contributed by atoms with Gasteiger partial charge in [0.25, 0.3) is 0 Å². The van der Waals surface area contributed by atoms with Crippen LogP contribution in [-0.2, 0) is 9.59 Å². The number of fused-ring (bicyclic) bond motifs is 1. The third kappa shape index (κ3) is 4.94. The Balaban J connectivity index is 1.46. The number of carbonyl (C=O) groups excluding carboxylic acids is 2. The van der Waals surface area contributed by atoms with E-state index >= 15 is 0 Å². The smallest absolute Gasteiger partial charge is 0.425 e. The van der Waals surface area contributed by atoms with Gasteiger partial charge in [0.2, 0.25) is 11.8 Å². The van der Waals surface area contributed by atoms with Crippen molar-refractivity contribution < 1.29 is 27.5 Å². The minimum atomic E-state index is -4.58. The van der Waals surface area contributed by atoms with Gasteiger partial charge in [0.1, 0.15) is 5.75 Å². The molecule has 0 spiro atoms. The van der Waals surface area contributed by atoms with E-state index in [-0.39, 0.29) is 35.9 Å². The first kappa shape index (κ1) is 27.0. The Morgan fingerprint density at radius 1 is 1.18 bits per heavy atom. The fourth-order valence-corrected chi connectivity index (χ4v) is 6.14. The summed E-state index contributed by atoms with van der Waals surface area (Å²) in [6.45, 7) is 7.47. The molecule has 1 aromatic carbocycles. The molecule has 0 bridgehead atoms. The van der Waals surface area contributed by atoms with E-state index < -0.39 is 47.7 Å². The van der Waals surface area contributed by atoms with Gasteiger partial charge in [-0.05, 0) is 37.0 Å². The van der Waals surface area contributed by atoms with Crippen molar-refractivity contribution in [3.05, 3.63) is 59.9 Å². The minimum absolute atomic E-state index is 0.0679. The van der Waals surface area contributed by atoms with Gasteiger partial charge in [-0.2, -0.15) is 13.2 Å². The van der Waals surface area contributed by atoms with Crippen LogP contribution in [0.15, 0.2) is 53.8 Å². The number of alkyl halides is 3. The maximum absolute atomic E-state index is 13.7. The zero-order valence-corrected chi connectivity index (χ0v) is 22.2. The number of nitrogens with one attached hydrogen (secondary N) is 1. The van der Waals surface area contributed by atoms with Gasteiger partial charge in [-0.3, -0.25) is 19.5 Å². The SMILES string of the molecule is CC1(C)CC(=O)N([C@H](c2cccnc2)[C@@H]2[C@@H](C(=O)N[C@H]3C[C@@H](C(F)(F)F)Oc4ccccc43)C2(C)C)C(N)=N1. The second-order valence-corrected chi connectivity index (χ2v) is 11.8. The van der Waals surface area contributed by atoms with Crippen LogP contribution in [0.2, 0.25) is 0 Å². The van der Waals surface area contributed by atoms with E-state index in [0.29, 0.717) is 11.1 Å². The second kappa shape index (κ2) is 9.24. The summed E-state index contributed by atoms with van der Waals surface area (Å²) >= 11 is 0. The highest BCUT2D eigenvalue weighted by atomic mass is 19.4. The molecular weight excluding hydrogens is 511 g/mol. The lowest BCUT2D eigenvalue weighted by Gasteiger charge is -2.38. The average Bonchev–Trinajstić information content (AvgIpc) is 3.41. The topological polar surface area (TPSA) is 110 Å².